The van der Waals surface area contributed by atoms with E-state index >= 15 is 0 Å². The van der Waals surface area contributed by atoms with Crippen molar-refractivity contribution in [3.8, 4) is 5.75 Å². The van der Waals surface area contributed by atoms with Gasteiger partial charge in [0, 0.05) is 45.0 Å². The van der Waals surface area contributed by atoms with Gasteiger partial charge in [-0.2, -0.15) is 0 Å². The van der Waals surface area contributed by atoms with Crippen LogP contribution in [0.2, 0.25) is 0 Å². The number of ether oxygens (including phenoxy) is 1. The summed E-state index contributed by atoms with van der Waals surface area (Å²) in [4.78, 5) is 8.46. The molecule has 0 unspecified atom stereocenters. The number of hydrogen-bond acceptors (Lipinski definition) is 3. The quantitative estimate of drug-likeness (QED) is 0.620. The highest BCUT2D eigenvalue weighted by Crippen LogP contribution is 2.21. The topological polar surface area (TPSA) is 54.1 Å². The first-order valence-electron chi connectivity index (χ1n) is 6.11. The molecule has 1 saturated heterocycles. The van der Waals surface area contributed by atoms with Gasteiger partial charge in [-0.25, -0.2) is 0 Å². The highest BCUT2D eigenvalue weighted by Gasteiger charge is 2.18. The van der Waals surface area contributed by atoms with Crippen LogP contribution in [-0.2, 0) is 0 Å². The van der Waals surface area contributed by atoms with Crippen LogP contribution in [0.15, 0.2) is 29.3 Å². The minimum atomic E-state index is 0.625. The van der Waals surface area contributed by atoms with Crippen LogP contribution in [0, 0.1) is 0 Å². The lowest BCUT2D eigenvalue weighted by molar-refractivity contribution is 0.381. The van der Waals surface area contributed by atoms with Crippen LogP contribution in [-0.4, -0.2) is 51.2 Å². The molecule has 1 aromatic rings. The van der Waals surface area contributed by atoms with Gasteiger partial charge in [-0.15, -0.1) is 0 Å². The molecule has 0 atom stereocenters. The summed E-state index contributed by atoms with van der Waals surface area (Å²) in [6.45, 7) is 3.70. The van der Waals surface area contributed by atoms with Gasteiger partial charge in [-0.1, -0.05) is 6.07 Å². The largest absolute Gasteiger partial charge is 0.497 e. The lowest BCUT2D eigenvalue weighted by Gasteiger charge is -2.36. The average molecular weight is 248 g/mol. The van der Waals surface area contributed by atoms with Crippen molar-refractivity contribution < 1.29 is 4.74 Å². The smallest absolute Gasteiger partial charge is 0.191 e. The second kappa shape index (κ2) is 5.62. The highest BCUT2D eigenvalue weighted by atomic mass is 16.5. The zero-order chi connectivity index (χ0) is 13.0. The molecular formula is C13H20N4O. The number of rotatable bonds is 2. The van der Waals surface area contributed by atoms with Crippen LogP contribution in [0.4, 0.5) is 5.69 Å². The molecule has 0 bridgehead atoms. The van der Waals surface area contributed by atoms with Crippen LogP contribution in [0.5, 0.6) is 5.75 Å². The maximum absolute atomic E-state index is 5.81. The summed E-state index contributed by atoms with van der Waals surface area (Å²) in [7, 11) is 3.42. The molecular weight excluding hydrogens is 228 g/mol. The Labute approximate surface area is 108 Å². The minimum Gasteiger partial charge on any atom is -0.497 e. The molecule has 2 N–H and O–H groups in total. The van der Waals surface area contributed by atoms with E-state index in [0.29, 0.717) is 5.96 Å². The molecule has 1 aliphatic heterocycles. The van der Waals surface area contributed by atoms with E-state index in [9.17, 15) is 0 Å². The summed E-state index contributed by atoms with van der Waals surface area (Å²) in [6, 6.07) is 8.15. The van der Waals surface area contributed by atoms with Gasteiger partial charge in [-0.05, 0) is 12.1 Å². The van der Waals surface area contributed by atoms with Crippen molar-refractivity contribution in [3.63, 3.8) is 0 Å². The predicted octanol–water partition coefficient (Wildman–Crippen LogP) is 0.762. The normalized spacial score (nSPS) is 16.9. The van der Waals surface area contributed by atoms with Gasteiger partial charge < -0.3 is 20.3 Å². The van der Waals surface area contributed by atoms with Gasteiger partial charge in [0.25, 0.3) is 0 Å². The molecule has 1 aliphatic rings. The Morgan fingerprint density at radius 2 is 2.00 bits per heavy atom. The monoisotopic (exact) mass is 248 g/mol. The Balaban J connectivity index is 2.00. The molecule has 1 aromatic carbocycles. The van der Waals surface area contributed by atoms with Crippen LogP contribution in [0.3, 0.4) is 0 Å². The Morgan fingerprint density at radius 3 is 2.61 bits per heavy atom. The molecule has 0 saturated carbocycles. The lowest BCUT2D eigenvalue weighted by atomic mass is 10.2. The number of methoxy groups -OCH3 is 1. The third-order valence-electron chi connectivity index (χ3n) is 3.25. The van der Waals surface area contributed by atoms with E-state index in [4.69, 9.17) is 10.5 Å². The zero-order valence-corrected chi connectivity index (χ0v) is 11.0. The molecule has 0 amide bonds. The molecule has 98 valence electrons. The van der Waals surface area contributed by atoms with Crippen LogP contribution in [0.1, 0.15) is 0 Å². The molecule has 0 radical (unpaired) electrons. The number of nitrogens with two attached hydrogens (primary N) is 1. The van der Waals surface area contributed by atoms with Crippen molar-refractivity contribution >= 4 is 11.6 Å². The van der Waals surface area contributed by atoms with Crippen LogP contribution in [0.25, 0.3) is 0 Å². The Hall–Kier alpha value is -1.91. The van der Waals surface area contributed by atoms with E-state index in [-0.39, 0.29) is 0 Å². The minimum absolute atomic E-state index is 0.625. The fourth-order valence-corrected chi connectivity index (χ4v) is 2.14. The van der Waals surface area contributed by atoms with E-state index in [1.807, 2.05) is 12.1 Å². The third-order valence-corrected chi connectivity index (χ3v) is 3.25. The van der Waals surface area contributed by atoms with Gasteiger partial charge in [0.05, 0.1) is 7.11 Å². The van der Waals surface area contributed by atoms with Crippen LogP contribution >= 0.6 is 0 Å². The highest BCUT2D eigenvalue weighted by molar-refractivity contribution is 5.78. The Kier molecular flexibility index (Phi) is 3.92. The number of aliphatic imine (C=N–C) groups is 1. The summed E-state index contributed by atoms with van der Waals surface area (Å²) in [5.41, 5.74) is 7.01. The Morgan fingerprint density at radius 1 is 1.28 bits per heavy atom. The van der Waals surface area contributed by atoms with Gasteiger partial charge in [0.15, 0.2) is 5.96 Å². The van der Waals surface area contributed by atoms with E-state index in [2.05, 4.69) is 26.9 Å². The van der Waals surface area contributed by atoms with Gasteiger partial charge >= 0.3 is 0 Å². The molecule has 1 heterocycles. The molecule has 5 heteroatoms. The van der Waals surface area contributed by atoms with E-state index in [1.54, 1.807) is 14.2 Å². The zero-order valence-electron chi connectivity index (χ0n) is 11.0. The number of anilines is 1. The molecule has 1 fully saturated rings. The van der Waals surface area contributed by atoms with Crippen LogP contribution < -0.4 is 15.4 Å². The molecule has 2 rings (SSSR count). The van der Waals surface area contributed by atoms with Crippen molar-refractivity contribution in [2.75, 3.05) is 45.2 Å². The number of hydrogen-bond donors (Lipinski definition) is 1. The standard InChI is InChI=1S/C13H20N4O/c1-15-13(14)17-8-6-16(7-9-17)11-4-3-5-12(10-11)18-2/h3-5,10H,6-9H2,1-2H3,(H2,14,15). The summed E-state index contributed by atoms with van der Waals surface area (Å²) in [5.74, 6) is 1.52. The lowest BCUT2D eigenvalue weighted by Crippen LogP contribution is -2.51. The summed E-state index contributed by atoms with van der Waals surface area (Å²) in [5, 5.41) is 0. The first-order valence-corrected chi connectivity index (χ1v) is 6.11. The predicted molar refractivity (Wildman–Crippen MR) is 74.3 cm³/mol. The number of piperazine rings is 1. The van der Waals surface area contributed by atoms with Gasteiger partial charge in [-0.3, -0.25) is 4.99 Å². The van der Waals surface area contributed by atoms with Crippen molar-refractivity contribution in [2.24, 2.45) is 10.7 Å². The molecule has 0 aliphatic carbocycles. The van der Waals surface area contributed by atoms with Crippen molar-refractivity contribution in [3.05, 3.63) is 24.3 Å². The SMILES string of the molecule is CN=C(N)N1CCN(c2cccc(OC)c2)CC1. The van der Waals surface area contributed by atoms with E-state index < -0.39 is 0 Å². The maximum atomic E-state index is 5.81. The van der Waals surface area contributed by atoms with E-state index in [1.165, 1.54) is 5.69 Å². The molecule has 0 aromatic heterocycles. The second-order valence-corrected chi connectivity index (χ2v) is 4.26. The third kappa shape index (κ3) is 2.67. The number of benzene rings is 1. The van der Waals surface area contributed by atoms with Crippen molar-refractivity contribution in [1.82, 2.24) is 4.90 Å². The fourth-order valence-electron chi connectivity index (χ4n) is 2.14. The molecule has 5 nitrogen and oxygen atoms in total. The Bertz CT molecular complexity index is 425. The molecule has 18 heavy (non-hydrogen) atoms. The second-order valence-electron chi connectivity index (χ2n) is 4.26. The average Bonchev–Trinajstić information content (AvgIpc) is 2.46. The first-order chi connectivity index (χ1) is 8.74. The van der Waals surface area contributed by atoms with Crippen molar-refractivity contribution in [2.45, 2.75) is 0 Å². The summed E-state index contributed by atoms with van der Waals surface area (Å²) in [6.07, 6.45) is 0. The fraction of sp³-hybridized carbons (Fsp3) is 0.462. The van der Waals surface area contributed by atoms with E-state index in [0.717, 1.165) is 31.9 Å². The summed E-state index contributed by atoms with van der Waals surface area (Å²) < 4.78 is 5.25. The molecule has 0 spiro atoms. The van der Waals surface area contributed by atoms with Crippen molar-refractivity contribution in [1.29, 1.82) is 0 Å². The number of guanidine groups is 1. The number of nitrogens with zero attached hydrogens (tertiary/aromatic N) is 3. The van der Waals surface area contributed by atoms with Gasteiger partial charge in [0.1, 0.15) is 5.75 Å². The maximum Gasteiger partial charge on any atom is 0.191 e. The summed E-state index contributed by atoms with van der Waals surface area (Å²) >= 11 is 0. The first kappa shape index (κ1) is 12.5. The van der Waals surface area contributed by atoms with Gasteiger partial charge in [0.2, 0.25) is 0 Å².